The highest BCUT2D eigenvalue weighted by molar-refractivity contribution is 5.78. The summed E-state index contributed by atoms with van der Waals surface area (Å²) in [6, 6.07) is 0. The average Bonchev–Trinajstić information content (AvgIpc) is 3.22. The molecule has 0 aliphatic carbocycles. The number of amides is 4. The van der Waals surface area contributed by atoms with Crippen molar-refractivity contribution in [3.8, 4) is 0 Å². The molecule has 0 radical (unpaired) electrons. The van der Waals surface area contributed by atoms with Crippen LogP contribution in [0, 0.1) is 0 Å². The lowest BCUT2D eigenvalue weighted by molar-refractivity contribution is -0.132. The topological polar surface area (TPSA) is 221 Å². The molecule has 0 saturated carbocycles. The summed E-state index contributed by atoms with van der Waals surface area (Å²) in [5, 5.41) is 9.57. The molecule has 338 valence electrons. The van der Waals surface area contributed by atoms with Crippen LogP contribution in [-0.4, -0.2) is 161 Å². The molecule has 0 aromatic heterocycles. The fourth-order valence-electron chi connectivity index (χ4n) is 6.41. The van der Waals surface area contributed by atoms with Crippen LogP contribution < -0.4 is 38.9 Å². The van der Waals surface area contributed by atoms with Gasteiger partial charge in [-0.25, -0.2) is 0 Å². The lowest BCUT2D eigenvalue weighted by atomic mass is 10.2. The molecule has 11 N–H and O–H groups in total. The number of nitrogens with zero attached hydrogens (tertiary/aromatic N) is 4. The number of nitrogens with two attached hydrogens (primary N) is 4. The van der Waals surface area contributed by atoms with E-state index in [0.717, 1.165) is 110 Å². The monoisotopic (exact) mass is 822 g/mol. The largest absolute Gasteiger partial charge is 0.355 e. The second-order valence-corrected chi connectivity index (χ2v) is 14.9. The van der Waals surface area contributed by atoms with Crippen molar-refractivity contribution in [3.05, 3.63) is 24.3 Å². The highest BCUT2D eigenvalue weighted by Crippen LogP contribution is 2.06. The van der Waals surface area contributed by atoms with E-state index in [4.69, 9.17) is 22.9 Å². The van der Waals surface area contributed by atoms with Gasteiger partial charge < -0.3 is 48.7 Å². The van der Waals surface area contributed by atoms with E-state index in [9.17, 15) is 19.2 Å². The molecule has 0 aliphatic rings. The van der Waals surface area contributed by atoms with Gasteiger partial charge in [-0.3, -0.25) is 29.0 Å². The van der Waals surface area contributed by atoms with Gasteiger partial charge in [-0.05, 0) is 149 Å². The van der Waals surface area contributed by atoms with Crippen LogP contribution in [0.5, 0.6) is 0 Å². The third-order valence-corrected chi connectivity index (χ3v) is 9.68. The molecular weight excluding hydrogens is 735 g/mol. The maximum atomic E-state index is 13.1. The van der Waals surface area contributed by atoms with Crippen LogP contribution in [0.3, 0.4) is 0 Å². The predicted octanol–water partition coefficient (Wildman–Crippen LogP) is 1.91. The van der Waals surface area contributed by atoms with E-state index in [-0.39, 0.29) is 23.6 Å². The first-order valence-electron chi connectivity index (χ1n) is 22.6. The van der Waals surface area contributed by atoms with E-state index in [2.05, 4.69) is 63.9 Å². The summed E-state index contributed by atoms with van der Waals surface area (Å²) in [5.41, 5.74) is 22.7. The molecule has 0 fully saturated rings. The molecule has 0 aromatic rings. The molecule has 0 saturated heterocycles. The third-order valence-electron chi connectivity index (χ3n) is 9.68. The SMILES string of the molecule is CC/C=C\CCC(=O)N(CCCCNCCCN(CCCNC(=O)CN(CCCN)CCCN)C(=O)CC/C=C\CC)CCCNC(=O)CN(CCCN)CCCN. The van der Waals surface area contributed by atoms with Crippen molar-refractivity contribution < 1.29 is 19.2 Å². The molecule has 0 spiro atoms. The molecule has 0 atom stereocenters. The van der Waals surface area contributed by atoms with Crippen molar-refractivity contribution in [2.24, 2.45) is 22.9 Å². The molecule has 0 heterocycles. The summed E-state index contributed by atoms with van der Waals surface area (Å²) in [4.78, 5) is 59.6. The van der Waals surface area contributed by atoms with Crippen molar-refractivity contribution >= 4 is 23.6 Å². The van der Waals surface area contributed by atoms with Crippen LogP contribution >= 0.6 is 0 Å². The van der Waals surface area contributed by atoms with E-state index in [1.165, 1.54) is 0 Å². The van der Waals surface area contributed by atoms with Crippen molar-refractivity contribution in [1.29, 1.82) is 0 Å². The Bertz CT molecular complexity index is 981. The third kappa shape index (κ3) is 33.0. The second-order valence-electron chi connectivity index (χ2n) is 14.9. The first-order valence-corrected chi connectivity index (χ1v) is 22.6. The molecule has 15 heteroatoms. The molecule has 58 heavy (non-hydrogen) atoms. The van der Waals surface area contributed by atoms with E-state index in [1.807, 2.05) is 9.80 Å². The predicted molar refractivity (Wildman–Crippen MR) is 240 cm³/mol. The summed E-state index contributed by atoms with van der Waals surface area (Å²) in [5.74, 6) is 0.260. The van der Waals surface area contributed by atoms with E-state index in [1.54, 1.807) is 0 Å². The van der Waals surface area contributed by atoms with Gasteiger partial charge in [0.1, 0.15) is 0 Å². The summed E-state index contributed by atoms with van der Waals surface area (Å²) >= 11 is 0. The number of hydrogen-bond acceptors (Lipinski definition) is 11. The number of nitrogens with one attached hydrogen (secondary N) is 3. The first kappa shape index (κ1) is 55.1. The van der Waals surface area contributed by atoms with Gasteiger partial charge in [0, 0.05) is 52.1 Å². The van der Waals surface area contributed by atoms with Crippen LogP contribution in [0.2, 0.25) is 0 Å². The Labute approximate surface area is 352 Å². The maximum Gasteiger partial charge on any atom is 0.234 e. The Morgan fingerprint density at radius 1 is 0.448 bits per heavy atom. The molecule has 4 amide bonds. The zero-order valence-corrected chi connectivity index (χ0v) is 36.9. The Morgan fingerprint density at radius 2 is 0.810 bits per heavy atom. The number of unbranched alkanes of at least 4 members (excludes halogenated alkanes) is 1. The van der Waals surface area contributed by atoms with Crippen molar-refractivity contribution in [2.45, 2.75) is 110 Å². The number of carbonyl (C=O) groups is 4. The fourth-order valence-corrected chi connectivity index (χ4v) is 6.41. The molecule has 0 rings (SSSR count). The molecule has 0 bridgehead atoms. The zero-order valence-electron chi connectivity index (χ0n) is 36.9. The lowest BCUT2D eigenvalue weighted by Gasteiger charge is -2.24. The summed E-state index contributed by atoms with van der Waals surface area (Å²) in [7, 11) is 0. The minimum atomic E-state index is -0.0164. The van der Waals surface area contributed by atoms with Gasteiger partial charge in [0.25, 0.3) is 0 Å². The minimum Gasteiger partial charge on any atom is -0.355 e. The summed E-state index contributed by atoms with van der Waals surface area (Å²) < 4.78 is 0. The standard InChI is InChI=1S/C43H87N11O4/c1-3-5-7-9-20-42(57)53(36-18-28-49-40(55)38-51(30-13-22-44)31-14-23-45)34-12-11-26-48-27-17-35-54(43(58)21-10-8-6-4-2)37-19-29-50-41(56)39-52(32-15-24-46)33-16-25-47/h5-8,48H,3-4,9-39,44-47H2,1-2H3,(H,49,55)(H,50,56)/b7-5-,8-6-. The van der Waals surface area contributed by atoms with Crippen LogP contribution in [0.25, 0.3) is 0 Å². The van der Waals surface area contributed by atoms with Gasteiger partial charge >= 0.3 is 0 Å². The van der Waals surface area contributed by atoms with Crippen LogP contribution in [0.15, 0.2) is 24.3 Å². The molecule has 0 aliphatic heterocycles. The molecular formula is C43H87N11O4. The number of rotatable bonds is 41. The van der Waals surface area contributed by atoms with Gasteiger partial charge in [-0.2, -0.15) is 0 Å². The Balaban J connectivity index is 4.83. The van der Waals surface area contributed by atoms with Crippen molar-refractivity contribution in [2.75, 3.05) is 118 Å². The Hall–Kier alpha value is -2.92. The minimum absolute atomic E-state index is 0.0146. The number of allylic oxidation sites excluding steroid dienone is 4. The van der Waals surface area contributed by atoms with Crippen LogP contribution in [0.4, 0.5) is 0 Å². The van der Waals surface area contributed by atoms with Gasteiger partial charge in [0.15, 0.2) is 0 Å². The lowest BCUT2D eigenvalue weighted by Crippen LogP contribution is -2.40. The Morgan fingerprint density at radius 3 is 1.19 bits per heavy atom. The quantitative estimate of drug-likeness (QED) is 0.0349. The first-order chi connectivity index (χ1) is 28.3. The van der Waals surface area contributed by atoms with Crippen molar-refractivity contribution in [1.82, 2.24) is 35.6 Å². The van der Waals surface area contributed by atoms with E-state index in [0.29, 0.717) is 104 Å². The summed E-state index contributed by atoms with van der Waals surface area (Å²) in [6.45, 7) is 15.5. The van der Waals surface area contributed by atoms with E-state index < -0.39 is 0 Å². The molecule has 0 unspecified atom stereocenters. The second kappa shape index (κ2) is 40.8. The maximum absolute atomic E-state index is 13.1. The molecule has 0 aromatic carbocycles. The van der Waals surface area contributed by atoms with Gasteiger partial charge in [-0.15, -0.1) is 0 Å². The zero-order chi connectivity index (χ0) is 42.9. The molecule has 15 nitrogen and oxygen atoms in total. The van der Waals surface area contributed by atoms with Gasteiger partial charge in [0.05, 0.1) is 13.1 Å². The smallest absolute Gasteiger partial charge is 0.234 e. The summed E-state index contributed by atoms with van der Waals surface area (Å²) in [6.07, 6.45) is 20.1. The normalized spacial score (nSPS) is 11.7. The van der Waals surface area contributed by atoms with Gasteiger partial charge in [0.2, 0.25) is 23.6 Å². The fraction of sp³-hybridized carbons (Fsp3) is 0.814. The van der Waals surface area contributed by atoms with Gasteiger partial charge in [-0.1, -0.05) is 38.2 Å². The number of carbonyl (C=O) groups excluding carboxylic acids is 4. The Kier molecular flexibility index (Phi) is 38.8. The average molecular weight is 822 g/mol. The van der Waals surface area contributed by atoms with Crippen LogP contribution in [-0.2, 0) is 19.2 Å². The highest BCUT2D eigenvalue weighted by atomic mass is 16.2. The number of hydrogen-bond donors (Lipinski definition) is 7. The highest BCUT2D eigenvalue weighted by Gasteiger charge is 2.16. The van der Waals surface area contributed by atoms with Crippen LogP contribution in [0.1, 0.15) is 110 Å². The van der Waals surface area contributed by atoms with Crippen molar-refractivity contribution in [3.63, 3.8) is 0 Å². The van der Waals surface area contributed by atoms with E-state index >= 15 is 0 Å².